The molecule has 2 nitrogen and oxygen atoms in total. The second-order valence-electron chi connectivity index (χ2n) is 12.6. The highest BCUT2D eigenvalue weighted by Gasteiger charge is 2.48. The third kappa shape index (κ3) is 4.00. The van der Waals surface area contributed by atoms with Gasteiger partial charge in [-0.2, -0.15) is 10.0 Å². The van der Waals surface area contributed by atoms with Crippen LogP contribution in [-0.4, -0.2) is 16.1 Å². The van der Waals surface area contributed by atoms with Crippen LogP contribution in [0.3, 0.4) is 0 Å². The molecule has 0 atom stereocenters. The van der Waals surface area contributed by atoms with Gasteiger partial charge >= 0.3 is 0 Å². The molecule has 2 aliphatic heterocycles. The lowest BCUT2D eigenvalue weighted by Crippen LogP contribution is -2.18. The third-order valence-electron chi connectivity index (χ3n) is 9.96. The highest BCUT2D eigenvalue weighted by atomic mass is 32.3. The van der Waals surface area contributed by atoms with Crippen LogP contribution in [0.4, 0.5) is 17.1 Å². The monoisotopic (exact) mass is 620 g/mol. The lowest BCUT2D eigenvalue weighted by Gasteiger charge is -2.40. The van der Waals surface area contributed by atoms with Crippen molar-refractivity contribution in [2.75, 3.05) is 16.4 Å². The maximum absolute atomic E-state index is 2.56. The van der Waals surface area contributed by atoms with Gasteiger partial charge in [-0.15, -0.1) is 0 Å². The largest absolute Gasteiger partial charge is 0.307 e. The van der Waals surface area contributed by atoms with E-state index in [0.717, 1.165) is 0 Å². The molecule has 224 valence electrons. The first-order valence-electron chi connectivity index (χ1n) is 16.4. The Kier molecular flexibility index (Phi) is 5.82. The SMILES string of the molecule is c1ccc(-c2cc(-c3ccccc3)cc(-n3c4ccccc4c4ccc5c(c43)N(c3ccccc3)c3ccccc3S53CC3)c2)cc1. The summed E-state index contributed by atoms with van der Waals surface area (Å²) in [5, 5.41) is 2.57. The standard InChI is InChI=1S/C44H32N2S/c1-4-14-31(15-5-1)33-28-34(32-16-6-2-7-17-32)30-36(29-33)46-39-21-11-10-20-37(39)38-24-25-42-44(43(38)46)45(35-18-8-3-9-19-35)40-22-12-13-23-41(40)47(42)26-27-47/h1-25,28-30H,26-27H2. The molecule has 8 aromatic rings. The van der Waals surface area contributed by atoms with Gasteiger partial charge in [-0.1, -0.05) is 115 Å². The van der Waals surface area contributed by atoms with Crippen LogP contribution < -0.4 is 4.90 Å². The van der Waals surface area contributed by atoms with Crippen LogP contribution in [0.5, 0.6) is 0 Å². The number of nitrogens with zero attached hydrogens (tertiary/aromatic N) is 2. The molecule has 47 heavy (non-hydrogen) atoms. The van der Waals surface area contributed by atoms with Crippen molar-refractivity contribution in [3.63, 3.8) is 0 Å². The Balaban J connectivity index is 1.35. The van der Waals surface area contributed by atoms with E-state index in [2.05, 4.69) is 179 Å². The Morgan fingerprint density at radius 1 is 0.426 bits per heavy atom. The Bertz CT molecular complexity index is 2400. The predicted molar refractivity (Wildman–Crippen MR) is 200 cm³/mol. The topological polar surface area (TPSA) is 8.17 Å². The maximum Gasteiger partial charge on any atom is 0.0834 e. The lowest BCUT2D eigenvalue weighted by molar-refractivity contribution is 1.13. The molecular formula is C44H32N2S. The summed E-state index contributed by atoms with van der Waals surface area (Å²) in [6.07, 6.45) is 0. The summed E-state index contributed by atoms with van der Waals surface area (Å²) < 4.78 is 2.56. The van der Waals surface area contributed by atoms with Gasteiger partial charge in [0.05, 0.1) is 22.4 Å². The van der Waals surface area contributed by atoms with E-state index in [9.17, 15) is 0 Å². The minimum absolute atomic E-state index is 1.08. The number of fused-ring (bicyclic) bond motifs is 8. The van der Waals surface area contributed by atoms with E-state index in [4.69, 9.17) is 0 Å². The molecule has 3 heterocycles. The zero-order valence-corrected chi connectivity index (χ0v) is 26.7. The summed E-state index contributed by atoms with van der Waals surface area (Å²) in [6.45, 7) is 0. The Morgan fingerprint density at radius 2 is 1.02 bits per heavy atom. The number of hydrogen-bond donors (Lipinski definition) is 0. The minimum Gasteiger partial charge on any atom is -0.307 e. The summed E-state index contributed by atoms with van der Waals surface area (Å²) in [7, 11) is -1.08. The van der Waals surface area contributed by atoms with Crippen molar-refractivity contribution >= 4 is 48.9 Å². The molecule has 2 aliphatic rings. The van der Waals surface area contributed by atoms with Gasteiger partial charge in [-0.25, -0.2) is 0 Å². The van der Waals surface area contributed by atoms with Crippen LogP contribution in [0.1, 0.15) is 0 Å². The fourth-order valence-electron chi connectivity index (χ4n) is 7.74. The fraction of sp³-hybridized carbons (Fsp3) is 0.0455. The van der Waals surface area contributed by atoms with Crippen molar-refractivity contribution in [2.24, 2.45) is 0 Å². The van der Waals surface area contributed by atoms with Crippen molar-refractivity contribution in [3.8, 4) is 27.9 Å². The molecule has 0 N–H and O–H groups in total. The first-order chi connectivity index (χ1) is 23.3. The van der Waals surface area contributed by atoms with Crippen LogP contribution >= 0.6 is 10.0 Å². The van der Waals surface area contributed by atoms with Crippen LogP contribution in [0.2, 0.25) is 0 Å². The smallest absolute Gasteiger partial charge is 0.0834 e. The molecule has 1 fully saturated rings. The van der Waals surface area contributed by atoms with E-state index in [1.807, 2.05) is 0 Å². The summed E-state index contributed by atoms with van der Waals surface area (Å²) in [6, 6.07) is 62.7. The van der Waals surface area contributed by atoms with Gasteiger partial charge in [0.2, 0.25) is 0 Å². The Hall–Kier alpha value is -5.51. The van der Waals surface area contributed by atoms with Gasteiger partial charge < -0.3 is 9.47 Å². The van der Waals surface area contributed by atoms with Crippen molar-refractivity contribution < 1.29 is 0 Å². The second kappa shape index (κ2) is 10.2. The molecule has 0 aliphatic carbocycles. The number of benzene rings is 7. The number of anilines is 3. The Morgan fingerprint density at radius 3 is 1.70 bits per heavy atom. The molecule has 1 spiro atoms. The molecule has 0 bridgehead atoms. The Labute approximate surface area is 276 Å². The summed E-state index contributed by atoms with van der Waals surface area (Å²) in [4.78, 5) is 5.59. The van der Waals surface area contributed by atoms with E-state index < -0.39 is 10.0 Å². The van der Waals surface area contributed by atoms with E-state index in [0.29, 0.717) is 0 Å². The van der Waals surface area contributed by atoms with Crippen LogP contribution in [0.15, 0.2) is 180 Å². The quantitative estimate of drug-likeness (QED) is 0.178. The third-order valence-corrected chi connectivity index (χ3v) is 13.5. The van der Waals surface area contributed by atoms with Gasteiger partial charge in [0, 0.05) is 31.9 Å². The average Bonchev–Trinajstić information content (AvgIpc) is 3.87. The van der Waals surface area contributed by atoms with E-state index in [1.54, 1.807) is 0 Å². The summed E-state index contributed by atoms with van der Waals surface area (Å²) in [5.41, 5.74) is 12.4. The molecule has 0 radical (unpaired) electrons. The van der Waals surface area contributed by atoms with Gasteiger partial charge in [0.25, 0.3) is 0 Å². The van der Waals surface area contributed by atoms with E-state index in [1.165, 1.54) is 88.1 Å². The molecule has 0 unspecified atom stereocenters. The maximum atomic E-state index is 2.56. The first-order valence-corrected chi connectivity index (χ1v) is 18.3. The molecule has 7 aromatic carbocycles. The van der Waals surface area contributed by atoms with Crippen LogP contribution in [-0.2, 0) is 0 Å². The number of aromatic nitrogens is 1. The average molecular weight is 621 g/mol. The van der Waals surface area contributed by atoms with Crippen molar-refractivity contribution in [2.45, 2.75) is 9.79 Å². The van der Waals surface area contributed by atoms with Gasteiger partial charge in [0.1, 0.15) is 0 Å². The molecule has 0 amide bonds. The predicted octanol–water partition coefficient (Wildman–Crippen LogP) is 12.1. The zero-order chi connectivity index (χ0) is 31.0. The molecule has 3 heteroatoms. The van der Waals surface area contributed by atoms with Gasteiger partial charge in [-0.3, -0.25) is 0 Å². The van der Waals surface area contributed by atoms with E-state index in [-0.39, 0.29) is 0 Å². The number of rotatable bonds is 4. The molecule has 1 saturated heterocycles. The molecular weight excluding hydrogens is 589 g/mol. The van der Waals surface area contributed by atoms with Gasteiger partial charge in [0.15, 0.2) is 0 Å². The fourth-order valence-corrected chi connectivity index (χ4v) is 11.3. The highest BCUT2D eigenvalue weighted by Crippen LogP contribution is 2.80. The van der Waals surface area contributed by atoms with Crippen LogP contribution in [0.25, 0.3) is 49.7 Å². The molecule has 1 aromatic heterocycles. The van der Waals surface area contributed by atoms with Crippen molar-refractivity contribution in [3.05, 3.63) is 170 Å². The van der Waals surface area contributed by atoms with Crippen LogP contribution in [0, 0.1) is 0 Å². The molecule has 0 saturated carbocycles. The van der Waals surface area contributed by atoms with Gasteiger partial charge in [-0.05, 0) is 88.4 Å². The normalized spacial score (nSPS) is 15.0. The minimum atomic E-state index is -1.08. The van der Waals surface area contributed by atoms with Crippen molar-refractivity contribution in [1.29, 1.82) is 0 Å². The lowest BCUT2D eigenvalue weighted by atomic mass is 9.98. The number of para-hydroxylation sites is 3. The summed E-state index contributed by atoms with van der Waals surface area (Å²) in [5.74, 6) is 2.51. The second-order valence-corrected chi connectivity index (χ2v) is 16.1. The summed E-state index contributed by atoms with van der Waals surface area (Å²) >= 11 is 0. The van der Waals surface area contributed by atoms with E-state index >= 15 is 0 Å². The van der Waals surface area contributed by atoms with Crippen molar-refractivity contribution in [1.82, 2.24) is 4.57 Å². The highest BCUT2D eigenvalue weighted by molar-refractivity contribution is 8.39. The molecule has 10 rings (SSSR count). The number of hydrogen-bond acceptors (Lipinski definition) is 1. The first kappa shape index (κ1) is 26.7. The zero-order valence-electron chi connectivity index (χ0n) is 25.9.